The van der Waals surface area contributed by atoms with Gasteiger partial charge in [0, 0.05) is 0 Å². The molecular formula is C10H11BrO2. The van der Waals surface area contributed by atoms with Crippen molar-refractivity contribution in [1.29, 1.82) is 0 Å². The Labute approximate surface area is 86.3 Å². The van der Waals surface area contributed by atoms with Gasteiger partial charge in [-0.05, 0) is 34.1 Å². The minimum atomic E-state index is 0.513. The average molecular weight is 243 g/mol. The lowest BCUT2D eigenvalue weighted by Gasteiger charge is -2.06. The van der Waals surface area contributed by atoms with Gasteiger partial charge in [-0.3, -0.25) is 0 Å². The summed E-state index contributed by atoms with van der Waals surface area (Å²) in [5.74, 6) is 1.60. The molecule has 2 nitrogen and oxygen atoms in total. The minimum Gasteiger partial charge on any atom is -0.496 e. The number of ether oxygens (including phenoxy) is 2. The van der Waals surface area contributed by atoms with Crippen LogP contribution in [0.1, 0.15) is 0 Å². The number of hydrogen-bond acceptors (Lipinski definition) is 2. The van der Waals surface area contributed by atoms with Crippen LogP contribution < -0.4 is 9.47 Å². The highest BCUT2D eigenvalue weighted by Crippen LogP contribution is 2.28. The molecule has 0 aromatic heterocycles. The molecule has 0 saturated heterocycles. The third kappa shape index (κ3) is 2.77. The first-order valence-electron chi connectivity index (χ1n) is 3.85. The molecule has 0 radical (unpaired) electrons. The van der Waals surface area contributed by atoms with Crippen LogP contribution in [0.25, 0.3) is 0 Å². The predicted octanol–water partition coefficient (Wildman–Crippen LogP) is 3.02. The van der Waals surface area contributed by atoms with Crippen LogP contribution in [0.15, 0.2) is 35.3 Å². The first-order chi connectivity index (χ1) is 6.27. The first-order valence-corrected chi connectivity index (χ1v) is 4.64. The van der Waals surface area contributed by atoms with Crippen molar-refractivity contribution in [1.82, 2.24) is 0 Å². The smallest absolute Gasteiger partial charge is 0.133 e. The molecule has 0 amide bonds. The van der Waals surface area contributed by atoms with Crippen molar-refractivity contribution in [2.24, 2.45) is 0 Å². The van der Waals surface area contributed by atoms with Gasteiger partial charge in [0.05, 0.1) is 11.6 Å². The van der Waals surface area contributed by atoms with Gasteiger partial charge < -0.3 is 9.47 Å². The largest absolute Gasteiger partial charge is 0.496 e. The molecule has 1 rings (SSSR count). The summed E-state index contributed by atoms with van der Waals surface area (Å²) in [7, 11) is 1.63. The summed E-state index contributed by atoms with van der Waals surface area (Å²) in [6.45, 7) is 4.08. The predicted molar refractivity (Wildman–Crippen MR) is 56.4 cm³/mol. The van der Waals surface area contributed by atoms with Gasteiger partial charge in [-0.2, -0.15) is 0 Å². The molecule has 0 saturated carbocycles. The summed E-state index contributed by atoms with van der Waals surface area (Å²) in [6.07, 6.45) is 1.71. The third-order valence-electron chi connectivity index (χ3n) is 1.49. The number of halogens is 1. The van der Waals surface area contributed by atoms with Crippen molar-refractivity contribution in [3.8, 4) is 11.5 Å². The van der Waals surface area contributed by atoms with Crippen LogP contribution in [-0.4, -0.2) is 13.7 Å². The molecule has 0 N–H and O–H groups in total. The van der Waals surface area contributed by atoms with Crippen LogP contribution in [0.2, 0.25) is 0 Å². The fraction of sp³-hybridized carbons (Fsp3) is 0.200. The summed E-state index contributed by atoms with van der Waals surface area (Å²) in [4.78, 5) is 0. The molecule has 70 valence electrons. The molecule has 1 aromatic rings. The van der Waals surface area contributed by atoms with Crippen molar-refractivity contribution in [3.05, 3.63) is 35.3 Å². The van der Waals surface area contributed by atoms with E-state index < -0.39 is 0 Å². The minimum absolute atomic E-state index is 0.513. The van der Waals surface area contributed by atoms with Crippen molar-refractivity contribution in [2.45, 2.75) is 0 Å². The number of hydrogen-bond donors (Lipinski definition) is 0. The van der Waals surface area contributed by atoms with Crippen molar-refractivity contribution in [3.63, 3.8) is 0 Å². The fourth-order valence-corrected chi connectivity index (χ4v) is 1.41. The van der Waals surface area contributed by atoms with Crippen LogP contribution in [-0.2, 0) is 0 Å². The molecule has 13 heavy (non-hydrogen) atoms. The Morgan fingerprint density at radius 3 is 2.85 bits per heavy atom. The van der Waals surface area contributed by atoms with E-state index in [1.165, 1.54) is 0 Å². The highest BCUT2D eigenvalue weighted by Gasteiger charge is 2.00. The van der Waals surface area contributed by atoms with Gasteiger partial charge in [0.15, 0.2) is 0 Å². The van der Waals surface area contributed by atoms with Crippen LogP contribution in [0, 0.1) is 0 Å². The summed E-state index contributed by atoms with van der Waals surface area (Å²) in [6, 6.07) is 5.57. The lowest BCUT2D eigenvalue weighted by Crippen LogP contribution is -1.93. The van der Waals surface area contributed by atoms with Gasteiger partial charge in [0.2, 0.25) is 0 Å². The number of benzene rings is 1. The Bertz CT molecular complexity index is 297. The van der Waals surface area contributed by atoms with Gasteiger partial charge in [-0.25, -0.2) is 0 Å². The number of methoxy groups -OCH3 is 1. The lowest BCUT2D eigenvalue weighted by atomic mass is 10.3. The van der Waals surface area contributed by atoms with E-state index in [1.807, 2.05) is 18.2 Å². The molecule has 0 fully saturated rings. The van der Waals surface area contributed by atoms with Gasteiger partial charge in [-0.1, -0.05) is 12.7 Å². The van der Waals surface area contributed by atoms with E-state index >= 15 is 0 Å². The quantitative estimate of drug-likeness (QED) is 0.756. The summed E-state index contributed by atoms with van der Waals surface area (Å²) in [5.41, 5.74) is 0. The van der Waals surface area contributed by atoms with Gasteiger partial charge in [-0.15, -0.1) is 0 Å². The third-order valence-corrected chi connectivity index (χ3v) is 2.11. The van der Waals surface area contributed by atoms with Gasteiger partial charge in [0.25, 0.3) is 0 Å². The van der Waals surface area contributed by atoms with E-state index in [0.29, 0.717) is 6.61 Å². The van der Waals surface area contributed by atoms with E-state index in [1.54, 1.807) is 13.2 Å². The summed E-state index contributed by atoms with van der Waals surface area (Å²) >= 11 is 3.37. The Balaban J connectivity index is 2.76. The molecule has 0 heterocycles. The molecule has 0 unspecified atom stereocenters. The van der Waals surface area contributed by atoms with Gasteiger partial charge >= 0.3 is 0 Å². The summed E-state index contributed by atoms with van der Waals surface area (Å²) in [5, 5.41) is 0. The van der Waals surface area contributed by atoms with E-state index in [9.17, 15) is 0 Å². The molecule has 0 aliphatic heterocycles. The topological polar surface area (TPSA) is 18.5 Å². The average Bonchev–Trinajstić information content (AvgIpc) is 2.15. The monoisotopic (exact) mass is 242 g/mol. The zero-order valence-corrected chi connectivity index (χ0v) is 9.00. The summed E-state index contributed by atoms with van der Waals surface area (Å²) < 4.78 is 11.3. The molecule has 0 atom stereocenters. The van der Waals surface area contributed by atoms with E-state index in [0.717, 1.165) is 16.0 Å². The molecule has 0 bridgehead atoms. The molecule has 1 aromatic carbocycles. The normalized spacial score (nSPS) is 9.38. The maximum Gasteiger partial charge on any atom is 0.133 e. The highest BCUT2D eigenvalue weighted by molar-refractivity contribution is 9.10. The lowest BCUT2D eigenvalue weighted by molar-refractivity contribution is 0.360. The Hall–Kier alpha value is -0.960. The van der Waals surface area contributed by atoms with Gasteiger partial charge in [0.1, 0.15) is 18.1 Å². The van der Waals surface area contributed by atoms with E-state index in [2.05, 4.69) is 22.5 Å². The second kappa shape index (κ2) is 4.92. The highest BCUT2D eigenvalue weighted by atomic mass is 79.9. The van der Waals surface area contributed by atoms with E-state index in [4.69, 9.17) is 9.47 Å². The van der Waals surface area contributed by atoms with E-state index in [-0.39, 0.29) is 0 Å². The molecule has 3 heteroatoms. The maximum absolute atomic E-state index is 5.33. The van der Waals surface area contributed by atoms with Crippen LogP contribution in [0.5, 0.6) is 11.5 Å². The zero-order valence-electron chi connectivity index (χ0n) is 7.42. The maximum atomic E-state index is 5.33. The Morgan fingerprint density at radius 2 is 2.31 bits per heavy atom. The Kier molecular flexibility index (Phi) is 3.83. The molecule has 0 aliphatic carbocycles. The van der Waals surface area contributed by atoms with Crippen LogP contribution in [0.4, 0.5) is 0 Å². The standard InChI is InChI=1S/C10H11BrO2/c1-3-6-13-8-4-5-10(12-2)9(11)7-8/h3-5,7H,1,6H2,2H3. The second-order valence-electron chi connectivity index (χ2n) is 2.40. The van der Waals surface area contributed by atoms with Crippen molar-refractivity contribution in [2.75, 3.05) is 13.7 Å². The molecular weight excluding hydrogens is 232 g/mol. The zero-order chi connectivity index (χ0) is 9.68. The Morgan fingerprint density at radius 1 is 1.54 bits per heavy atom. The van der Waals surface area contributed by atoms with Crippen molar-refractivity contribution < 1.29 is 9.47 Å². The number of rotatable bonds is 4. The van der Waals surface area contributed by atoms with Crippen LogP contribution >= 0.6 is 15.9 Å². The molecule has 0 spiro atoms. The van der Waals surface area contributed by atoms with Crippen molar-refractivity contribution >= 4 is 15.9 Å². The first kappa shape index (κ1) is 10.1. The SMILES string of the molecule is C=CCOc1ccc(OC)c(Br)c1. The fourth-order valence-electron chi connectivity index (χ4n) is 0.892. The molecule has 0 aliphatic rings. The second-order valence-corrected chi connectivity index (χ2v) is 3.25. The van der Waals surface area contributed by atoms with Crippen LogP contribution in [0.3, 0.4) is 0 Å².